The molecule has 2 rings (SSSR count). The molecule has 1 N–H and O–H groups in total. The van der Waals surface area contributed by atoms with Crippen molar-refractivity contribution in [3.8, 4) is 0 Å². The number of nitrogens with one attached hydrogen (secondary N) is 1. The number of halogens is 3. The predicted molar refractivity (Wildman–Crippen MR) is 122 cm³/mol. The third kappa shape index (κ3) is 8.50. The zero-order valence-electron chi connectivity index (χ0n) is 18.2. The van der Waals surface area contributed by atoms with Crippen molar-refractivity contribution in [3.63, 3.8) is 0 Å². The second-order valence-electron chi connectivity index (χ2n) is 7.31. The highest BCUT2D eigenvalue weighted by atomic mass is 35.6. The lowest BCUT2D eigenvalue weighted by Gasteiger charge is -2.43. The van der Waals surface area contributed by atoms with Crippen molar-refractivity contribution in [3.05, 3.63) is 46.3 Å². The number of carbonyl (C=O) groups is 2. The largest absolute Gasteiger partial charge is 0.453 e. The van der Waals surface area contributed by atoms with E-state index in [9.17, 15) is 9.59 Å². The molecule has 0 saturated carbocycles. The molecule has 0 unspecified atom stereocenters. The van der Waals surface area contributed by atoms with Gasteiger partial charge in [0.2, 0.25) is 12.2 Å². The lowest BCUT2D eigenvalue weighted by molar-refractivity contribution is -0.295. The van der Waals surface area contributed by atoms with Gasteiger partial charge in [-0.3, -0.25) is 10.2 Å². The van der Waals surface area contributed by atoms with Crippen molar-refractivity contribution >= 4 is 52.5 Å². The second-order valence-corrected chi connectivity index (χ2v) is 9.59. The first-order valence-corrected chi connectivity index (χ1v) is 11.2. The van der Waals surface area contributed by atoms with Crippen molar-refractivity contribution in [2.24, 2.45) is 5.28 Å². The first kappa shape index (κ1) is 28.0. The summed E-state index contributed by atoms with van der Waals surface area (Å²) < 4.78 is 20.4. The Morgan fingerprint density at radius 1 is 1.15 bits per heavy atom. The third-order valence-corrected chi connectivity index (χ3v) is 5.17. The van der Waals surface area contributed by atoms with E-state index in [1.54, 1.807) is 6.92 Å². The van der Waals surface area contributed by atoms with Gasteiger partial charge in [-0.2, -0.15) is 0 Å². The highest BCUT2D eigenvalue weighted by molar-refractivity contribution is 6.76. The van der Waals surface area contributed by atoms with Gasteiger partial charge in [-0.1, -0.05) is 65.1 Å². The minimum Gasteiger partial charge on any atom is -0.453 e. The molecule has 1 fully saturated rings. The number of azide groups is 1. The Hall–Kier alpha value is -2.27. The van der Waals surface area contributed by atoms with Crippen molar-refractivity contribution in [1.82, 2.24) is 0 Å². The molecule has 1 aliphatic heterocycles. The van der Waals surface area contributed by atoms with Crippen LogP contribution in [0.1, 0.15) is 32.3 Å². The number of carbonyl (C=O) groups excluding carboxylic acids is 2. The van der Waals surface area contributed by atoms with E-state index in [0.29, 0.717) is 0 Å². The molecule has 5 atom stereocenters. The number of alkyl halides is 3. The summed E-state index contributed by atoms with van der Waals surface area (Å²) in [6, 6.07) is 9.08. The molecule has 186 valence electrons. The van der Waals surface area contributed by atoms with Gasteiger partial charge in [-0.25, -0.2) is 0 Å². The highest BCUT2D eigenvalue weighted by Gasteiger charge is 2.51. The number of Topliss-reactive ketones (excluding diaryl/α,β-unsaturated/α-hetero) is 1. The molecule has 0 amide bonds. The maximum atomic E-state index is 12.5. The van der Waals surface area contributed by atoms with Crippen molar-refractivity contribution in [2.45, 2.75) is 67.8 Å². The molecule has 1 aromatic rings. The van der Waals surface area contributed by atoms with Crippen LogP contribution in [0.15, 0.2) is 35.6 Å². The standard InChI is InChI=1S/C20H23Cl3N4O7/c1-11(28)8-9-14(29)32-17-16(30-10-13-6-4-3-5-7-13)15(34-27-26-25)12(2)31-18(17)33-19(24)20(21,22)23/h3-7,12,15-18,24H,8-10H2,1-2H3/t12-,15-,16+,17-,18-/m1/s1. The normalized spacial score (nSPS) is 24.4. The number of nitrogens with zero attached hydrogens (tertiary/aromatic N) is 3. The monoisotopic (exact) mass is 536 g/mol. The van der Waals surface area contributed by atoms with E-state index in [2.05, 4.69) is 10.2 Å². The number of hydrogen-bond acceptors (Lipinski definition) is 9. The van der Waals surface area contributed by atoms with Crippen molar-refractivity contribution < 1.29 is 33.4 Å². The Bertz CT molecular complexity index is 909. The van der Waals surface area contributed by atoms with Gasteiger partial charge in [0.25, 0.3) is 3.79 Å². The van der Waals surface area contributed by atoms with E-state index < -0.39 is 46.4 Å². The van der Waals surface area contributed by atoms with Crippen LogP contribution in [-0.2, 0) is 40.0 Å². The van der Waals surface area contributed by atoms with E-state index in [-0.39, 0.29) is 25.2 Å². The SMILES string of the molecule is CC(=O)CCC(=O)O[C@H]1[C@@H](OC(=N)C(Cl)(Cl)Cl)O[C@H](C)[C@@H](ON=[N+]=[N-])[C@@H]1OCc1ccccc1. The molecule has 0 radical (unpaired) electrons. The molecule has 0 bridgehead atoms. The summed E-state index contributed by atoms with van der Waals surface area (Å²) in [4.78, 5) is 31.5. The van der Waals surface area contributed by atoms with Crippen LogP contribution in [0.3, 0.4) is 0 Å². The Labute approximate surface area is 210 Å². The van der Waals surface area contributed by atoms with Crippen LogP contribution < -0.4 is 0 Å². The van der Waals surface area contributed by atoms with E-state index in [1.165, 1.54) is 6.92 Å². The zero-order chi connectivity index (χ0) is 25.3. The molecule has 34 heavy (non-hydrogen) atoms. The Balaban J connectivity index is 2.36. The van der Waals surface area contributed by atoms with Gasteiger partial charge >= 0.3 is 5.97 Å². The molecule has 1 aromatic carbocycles. The fourth-order valence-electron chi connectivity index (χ4n) is 3.04. The molecule has 1 aliphatic rings. The van der Waals surface area contributed by atoms with Crippen LogP contribution in [0, 0.1) is 5.41 Å². The molecule has 0 aliphatic carbocycles. The fourth-order valence-corrected chi connectivity index (χ4v) is 3.18. The average molecular weight is 538 g/mol. The highest BCUT2D eigenvalue weighted by Crippen LogP contribution is 2.34. The van der Waals surface area contributed by atoms with Gasteiger partial charge in [0.05, 0.1) is 19.1 Å². The third-order valence-electron chi connectivity index (χ3n) is 4.66. The van der Waals surface area contributed by atoms with Gasteiger partial charge in [0, 0.05) is 11.3 Å². The van der Waals surface area contributed by atoms with Gasteiger partial charge in [0.1, 0.15) is 17.2 Å². The summed E-state index contributed by atoms with van der Waals surface area (Å²) in [6.07, 6.45) is -6.00. The summed E-state index contributed by atoms with van der Waals surface area (Å²) in [5, 5.41) is 11.0. The quantitative estimate of drug-likeness (QED) is 0.0670. The average Bonchev–Trinajstić information content (AvgIpc) is 2.77. The molecule has 1 heterocycles. The molecule has 0 spiro atoms. The molecular weight excluding hydrogens is 515 g/mol. The van der Waals surface area contributed by atoms with E-state index in [0.717, 1.165) is 5.56 Å². The summed E-state index contributed by atoms with van der Waals surface area (Å²) in [6.45, 7) is 2.96. The maximum Gasteiger partial charge on any atom is 0.306 e. The smallest absolute Gasteiger partial charge is 0.306 e. The number of hydrogen-bond donors (Lipinski definition) is 1. The topological polar surface area (TPSA) is 153 Å². The van der Waals surface area contributed by atoms with Gasteiger partial charge < -0.3 is 28.6 Å². The summed E-state index contributed by atoms with van der Waals surface area (Å²) >= 11 is 17.2. The van der Waals surface area contributed by atoms with Gasteiger partial charge in [0.15, 0.2) is 12.2 Å². The van der Waals surface area contributed by atoms with Crippen LogP contribution in [0.2, 0.25) is 0 Å². The Morgan fingerprint density at radius 3 is 2.41 bits per heavy atom. The number of ether oxygens (including phenoxy) is 4. The number of esters is 1. The minimum atomic E-state index is -2.21. The summed E-state index contributed by atoms with van der Waals surface area (Å²) in [5.41, 5.74) is 9.50. The maximum absolute atomic E-state index is 12.5. The first-order chi connectivity index (χ1) is 16.0. The van der Waals surface area contributed by atoms with E-state index >= 15 is 0 Å². The van der Waals surface area contributed by atoms with Gasteiger partial charge in [-0.15, -0.1) is 0 Å². The molecule has 1 saturated heterocycles. The lowest BCUT2D eigenvalue weighted by Crippen LogP contribution is -2.60. The van der Waals surface area contributed by atoms with Crippen LogP contribution in [0.25, 0.3) is 10.4 Å². The Morgan fingerprint density at radius 2 is 1.82 bits per heavy atom. The van der Waals surface area contributed by atoms with Crippen molar-refractivity contribution in [1.29, 1.82) is 5.41 Å². The Kier molecular flexibility index (Phi) is 10.7. The van der Waals surface area contributed by atoms with Crippen molar-refractivity contribution in [2.75, 3.05) is 0 Å². The first-order valence-electron chi connectivity index (χ1n) is 10.1. The summed E-state index contributed by atoms with van der Waals surface area (Å²) in [5.74, 6) is -1.75. The second kappa shape index (κ2) is 13.0. The van der Waals surface area contributed by atoms with Gasteiger partial charge in [-0.05, 0) is 24.9 Å². The van der Waals surface area contributed by atoms with Crippen LogP contribution in [0.4, 0.5) is 0 Å². The van der Waals surface area contributed by atoms with Crippen LogP contribution >= 0.6 is 34.8 Å². The molecule has 0 aromatic heterocycles. The molecule has 11 nitrogen and oxygen atoms in total. The number of rotatable bonds is 10. The molecule has 14 heteroatoms. The van der Waals surface area contributed by atoms with Crippen LogP contribution in [0.5, 0.6) is 0 Å². The summed E-state index contributed by atoms with van der Waals surface area (Å²) in [7, 11) is 0. The minimum absolute atomic E-state index is 0.0491. The number of benzene rings is 1. The lowest BCUT2D eigenvalue weighted by atomic mass is 9.99. The zero-order valence-corrected chi connectivity index (χ0v) is 20.5. The molecular formula is C20H23Cl3N4O7. The predicted octanol–water partition coefficient (Wildman–Crippen LogP) is 4.57. The van der Waals surface area contributed by atoms with E-state index in [4.69, 9.17) is 69.5 Å². The number of ketones is 1. The van der Waals surface area contributed by atoms with E-state index in [1.807, 2.05) is 30.3 Å². The fraction of sp³-hybridized carbons (Fsp3) is 0.550. The van der Waals surface area contributed by atoms with Crippen LogP contribution in [-0.4, -0.2) is 52.1 Å².